The number of aromatic nitrogens is 2. The van der Waals surface area contributed by atoms with Crippen LogP contribution in [0.15, 0.2) is 0 Å². The highest BCUT2D eigenvalue weighted by Gasteiger charge is 2.15. The third-order valence-corrected chi connectivity index (χ3v) is 2.31. The van der Waals surface area contributed by atoms with Gasteiger partial charge in [-0.05, 0) is 20.3 Å². The number of aromatic amines is 1. The third kappa shape index (κ3) is 2.79. The maximum absolute atomic E-state index is 11.6. The first-order valence-electron chi connectivity index (χ1n) is 5.14. The molecule has 0 spiro atoms. The van der Waals surface area contributed by atoms with Gasteiger partial charge in [0.15, 0.2) is 0 Å². The second-order valence-electron chi connectivity index (χ2n) is 3.69. The van der Waals surface area contributed by atoms with Crippen LogP contribution in [0.1, 0.15) is 31.2 Å². The molecule has 15 heavy (non-hydrogen) atoms. The van der Waals surface area contributed by atoms with Crippen molar-refractivity contribution in [1.29, 1.82) is 0 Å². The van der Waals surface area contributed by atoms with E-state index in [-0.39, 0.29) is 5.91 Å². The summed E-state index contributed by atoms with van der Waals surface area (Å²) >= 11 is 0. The zero-order chi connectivity index (χ0) is 11.4. The van der Waals surface area contributed by atoms with Crippen LogP contribution in [0.4, 0.5) is 5.69 Å². The summed E-state index contributed by atoms with van der Waals surface area (Å²) in [5, 5.41) is 9.59. The summed E-state index contributed by atoms with van der Waals surface area (Å²) in [7, 11) is 0. The lowest BCUT2D eigenvalue weighted by molar-refractivity contribution is -0.117. The number of nitrogens with two attached hydrogens (primary N) is 1. The van der Waals surface area contributed by atoms with Crippen LogP contribution in [-0.4, -0.2) is 22.1 Å². The van der Waals surface area contributed by atoms with Gasteiger partial charge in [-0.25, -0.2) is 0 Å². The lowest BCUT2D eigenvalue weighted by Crippen LogP contribution is -2.35. The van der Waals surface area contributed by atoms with Crippen molar-refractivity contribution < 1.29 is 4.79 Å². The van der Waals surface area contributed by atoms with Crippen LogP contribution in [0.2, 0.25) is 0 Å². The number of hydrogen-bond donors (Lipinski definition) is 3. The van der Waals surface area contributed by atoms with Gasteiger partial charge >= 0.3 is 0 Å². The zero-order valence-electron chi connectivity index (χ0n) is 9.42. The minimum atomic E-state index is -0.441. The summed E-state index contributed by atoms with van der Waals surface area (Å²) < 4.78 is 0. The van der Waals surface area contributed by atoms with E-state index in [1.807, 2.05) is 20.8 Å². The highest BCUT2D eigenvalue weighted by atomic mass is 16.2. The van der Waals surface area contributed by atoms with Gasteiger partial charge in [-0.3, -0.25) is 9.89 Å². The standard InChI is InChI=1S/C10H18N4O/c1-4-5-8(11)10(15)12-9-6(2)13-14-7(9)3/h8H,4-5,11H2,1-3H3,(H,12,15)(H,13,14). The molecule has 0 saturated carbocycles. The molecule has 0 radical (unpaired) electrons. The fraction of sp³-hybridized carbons (Fsp3) is 0.600. The summed E-state index contributed by atoms with van der Waals surface area (Å²) in [4.78, 5) is 11.6. The van der Waals surface area contributed by atoms with Gasteiger partial charge in [-0.2, -0.15) is 5.10 Å². The Morgan fingerprint density at radius 2 is 2.27 bits per heavy atom. The second-order valence-corrected chi connectivity index (χ2v) is 3.69. The Balaban J connectivity index is 2.66. The van der Waals surface area contributed by atoms with E-state index in [1.54, 1.807) is 0 Å². The van der Waals surface area contributed by atoms with E-state index in [2.05, 4.69) is 15.5 Å². The molecule has 0 aromatic carbocycles. The van der Waals surface area contributed by atoms with Gasteiger partial charge in [0.1, 0.15) is 0 Å². The van der Waals surface area contributed by atoms with Gasteiger partial charge in [-0.15, -0.1) is 0 Å². The molecule has 1 aromatic rings. The normalized spacial score (nSPS) is 12.5. The molecule has 1 atom stereocenters. The van der Waals surface area contributed by atoms with E-state index in [4.69, 9.17) is 5.73 Å². The van der Waals surface area contributed by atoms with Crippen molar-refractivity contribution in [1.82, 2.24) is 10.2 Å². The summed E-state index contributed by atoms with van der Waals surface area (Å²) in [6.07, 6.45) is 1.60. The molecule has 0 saturated heterocycles. The fourth-order valence-corrected chi connectivity index (χ4v) is 1.39. The molecule has 0 aliphatic heterocycles. The minimum Gasteiger partial charge on any atom is -0.322 e. The molecule has 4 N–H and O–H groups in total. The van der Waals surface area contributed by atoms with E-state index in [1.165, 1.54) is 0 Å². The van der Waals surface area contributed by atoms with Crippen LogP contribution < -0.4 is 11.1 Å². The number of aryl methyl sites for hydroxylation is 2. The summed E-state index contributed by atoms with van der Waals surface area (Å²) in [5.74, 6) is -0.149. The predicted molar refractivity (Wildman–Crippen MR) is 59.6 cm³/mol. The van der Waals surface area contributed by atoms with Crippen molar-refractivity contribution in [2.45, 2.75) is 39.7 Å². The minimum absolute atomic E-state index is 0.149. The van der Waals surface area contributed by atoms with Crippen molar-refractivity contribution >= 4 is 11.6 Å². The number of carbonyl (C=O) groups excluding carboxylic acids is 1. The largest absolute Gasteiger partial charge is 0.322 e. The van der Waals surface area contributed by atoms with Crippen LogP contribution in [0.25, 0.3) is 0 Å². The molecule has 1 heterocycles. The van der Waals surface area contributed by atoms with Crippen molar-refractivity contribution in [3.63, 3.8) is 0 Å². The van der Waals surface area contributed by atoms with Crippen LogP contribution in [-0.2, 0) is 4.79 Å². The van der Waals surface area contributed by atoms with Crippen LogP contribution in [0, 0.1) is 13.8 Å². The first-order chi connectivity index (χ1) is 7.06. The van der Waals surface area contributed by atoms with E-state index < -0.39 is 6.04 Å². The first-order valence-corrected chi connectivity index (χ1v) is 5.14. The summed E-state index contributed by atoms with van der Waals surface area (Å²) in [6.45, 7) is 5.70. The average Bonchev–Trinajstić information content (AvgIpc) is 2.49. The SMILES string of the molecule is CCCC(N)C(=O)Nc1c(C)n[nH]c1C. The Labute approximate surface area is 89.4 Å². The number of carbonyl (C=O) groups is 1. The van der Waals surface area contributed by atoms with Crippen molar-refractivity contribution in [2.75, 3.05) is 5.32 Å². The van der Waals surface area contributed by atoms with Gasteiger partial charge in [-0.1, -0.05) is 13.3 Å². The predicted octanol–water partition coefficient (Wildman–Crippen LogP) is 1.09. The van der Waals surface area contributed by atoms with E-state index in [0.29, 0.717) is 6.42 Å². The molecule has 0 aliphatic carbocycles. The second kappa shape index (κ2) is 4.93. The Morgan fingerprint density at radius 3 is 2.73 bits per heavy atom. The number of anilines is 1. The van der Waals surface area contributed by atoms with Gasteiger partial charge in [0.25, 0.3) is 0 Å². The number of nitrogens with zero attached hydrogens (tertiary/aromatic N) is 1. The van der Waals surface area contributed by atoms with Crippen LogP contribution >= 0.6 is 0 Å². The molecule has 1 aromatic heterocycles. The number of nitrogens with one attached hydrogen (secondary N) is 2. The number of rotatable bonds is 4. The molecule has 84 valence electrons. The highest BCUT2D eigenvalue weighted by Crippen LogP contribution is 2.16. The zero-order valence-corrected chi connectivity index (χ0v) is 9.42. The van der Waals surface area contributed by atoms with E-state index in [9.17, 15) is 4.79 Å². The highest BCUT2D eigenvalue weighted by molar-refractivity contribution is 5.95. The topological polar surface area (TPSA) is 83.8 Å². The third-order valence-electron chi connectivity index (χ3n) is 2.31. The van der Waals surface area contributed by atoms with Crippen molar-refractivity contribution in [2.24, 2.45) is 5.73 Å². The van der Waals surface area contributed by atoms with Crippen LogP contribution in [0.3, 0.4) is 0 Å². The number of H-pyrrole nitrogens is 1. The molecular weight excluding hydrogens is 192 g/mol. The van der Waals surface area contributed by atoms with Crippen molar-refractivity contribution in [3.05, 3.63) is 11.4 Å². The molecule has 1 rings (SSSR count). The number of hydrogen-bond acceptors (Lipinski definition) is 3. The molecule has 0 fully saturated rings. The van der Waals surface area contributed by atoms with E-state index >= 15 is 0 Å². The van der Waals surface area contributed by atoms with Gasteiger partial charge in [0, 0.05) is 0 Å². The molecule has 5 heteroatoms. The molecular formula is C10H18N4O. The lowest BCUT2D eigenvalue weighted by atomic mass is 10.1. The molecule has 5 nitrogen and oxygen atoms in total. The smallest absolute Gasteiger partial charge is 0.241 e. The Kier molecular flexibility index (Phi) is 3.85. The Morgan fingerprint density at radius 1 is 1.60 bits per heavy atom. The van der Waals surface area contributed by atoms with Crippen LogP contribution in [0.5, 0.6) is 0 Å². The maximum Gasteiger partial charge on any atom is 0.241 e. The molecule has 0 bridgehead atoms. The quantitative estimate of drug-likeness (QED) is 0.695. The van der Waals surface area contributed by atoms with Gasteiger partial charge in [0.05, 0.1) is 23.1 Å². The Bertz CT molecular complexity index is 326. The van der Waals surface area contributed by atoms with E-state index in [0.717, 1.165) is 23.5 Å². The van der Waals surface area contributed by atoms with Crippen molar-refractivity contribution in [3.8, 4) is 0 Å². The monoisotopic (exact) mass is 210 g/mol. The van der Waals surface area contributed by atoms with Gasteiger partial charge in [0.2, 0.25) is 5.91 Å². The van der Waals surface area contributed by atoms with Gasteiger partial charge < -0.3 is 11.1 Å². The summed E-state index contributed by atoms with van der Waals surface area (Å²) in [5.41, 5.74) is 8.08. The number of amides is 1. The Hall–Kier alpha value is -1.36. The molecule has 0 aliphatic rings. The lowest BCUT2D eigenvalue weighted by Gasteiger charge is -2.10. The molecule has 1 amide bonds. The average molecular weight is 210 g/mol. The summed E-state index contributed by atoms with van der Waals surface area (Å²) in [6, 6.07) is -0.441. The molecule has 1 unspecified atom stereocenters. The first kappa shape index (κ1) is 11.7. The fourth-order valence-electron chi connectivity index (χ4n) is 1.39. The maximum atomic E-state index is 11.6.